The normalized spacial score (nSPS) is 14.6. The molecule has 9 aromatic rings. The molecule has 5 heteroatoms. The lowest BCUT2D eigenvalue weighted by molar-refractivity contribution is 0.668. The Labute approximate surface area is 300 Å². The van der Waals surface area contributed by atoms with Crippen molar-refractivity contribution in [2.45, 2.75) is 5.41 Å². The van der Waals surface area contributed by atoms with Crippen LogP contribution in [0.5, 0.6) is 0 Å². The van der Waals surface area contributed by atoms with E-state index in [1.165, 1.54) is 5.56 Å². The highest BCUT2D eigenvalue weighted by atomic mass is 16.3. The van der Waals surface area contributed by atoms with Gasteiger partial charge in [0.15, 0.2) is 17.5 Å². The van der Waals surface area contributed by atoms with E-state index in [1.54, 1.807) is 0 Å². The number of nitriles is 1. The summed E-state index contributed by atoms with van der Waals surface area (Å²) < 4.78 is 6.39. The highest BCUT2D eigenvalue weighted by Gasteiger charge is 2.47. The van der Waals surface area contributed by atoms with E-state index in [4.69, 9.17) is 19.4 Å². The van der Waals surface area contributed by atoms with Crippen LogP contribution in [0, 0.1) is 11.3 Å². The Hall–Kier alpha value is -7.16. The van der Waals surface area contributed by atoms with Gasteiger partial charge in [0.1, 0.15) is 11.2 Å². The molecule has 1 aliphatic carbocycles. The summed E-state index contributed by atoms with van der Waals surface area (Å²) in [6, 6.07) is 60.4. The molecule has 242 valence electrons. The van der Waals surface area contributed by atoms with Crippen molar-refractivity contribution in [1.82, 2.24) is 15.0 Å². The molecule has 1 atom stereocenters. The van der Waals surface area contributed by atoms with Crippen molar-refractivity contribution in [3.63, 3.8) is 0 Å². The molecule has 2 heterocycles. The molecule has 1 aliphatic rings. The Bertz CT molecular complexity index is 2780. The minimum Gasteiger partial charge on any atom is -0.456 e. The van der Waals surface area contributed by atoms with Crippen molar-refractivity contribution in [2.75, 3.05) is 0 Å². The molecule has 0 amide bonds. The molecule has 1 unspecified atom stereocenters. The summed E-state index contributed by atoms with van der Waals surface area (Å²) in [5.41, 5.74) is 11.0. The van der Waals surface area contributed by atoms with Crippen LogP contribution < -0.4 is 0 Å². The van der Waals surface area contributed by atoms with Crippen LogP contribution in [0.4, 0.5) is 0 Å². The average Bonchev–Trinajstić information content (AvgIpc) is 3.76. The first kappa shape index (κ1) is 29.7. The van der Waals surface area contributed by atoms with Crippen LogP contribution in [-0.4, -0.2) is 15.0 Å². The van der Waals surface area contributed by atoms with Gasteiger partial charge in [-0.3, -0.25) is 0 Å². The molecule has 0 saturated heterocycles. The first-order valence-electron chi connectivity index (χ1n) is 17.3. The minimum atomic E-state index is -0.644. The van der Waals surface area contributed by atoms with Crippen LogP contribution in [-0.2, 0) is 5.41 Å². The standard InChI is InChI=1S/C47H28N4O/c48-29-33-17-12-22-39-41(33)43-40(52-39)28-27-38-42(43)36-20-10-11-21-37(36)47(38,34-18-8-3-9-19-34)35-25-23-32(24-26-35)46-50-44(30-13-4-1-5-14-30)49-45(51-46)31-15-6-2-7-16-31/h1-28H. The van der Waals surface area contributed by atoms with E-state index in [0.717, 1.165) is 60.9 Å². The maximum absolute atomic E-state index is 10.2. The van der Waals surface area contributed by atoms with Crippen molar-refractivity contribution in [3.8, 4) is 51.4 Å². The smallest absolute Gasteiger partial charge is 0.164 e. The number of aromatic nitrogens is 3. The van der Waals surface area contributed by atoms with E-state index in [-0.39, 0.29) is 0 Å². The van der Waals surface area contributed by atoms with Crippen molar-refractivity contribution < 1.29 is 4.42 Å². The SMILES string of the molecule is N#Cc1cccc2oc3ccc4c(c3c12)-c1ccccc1C4(c1ccccc1)c1ccc(-c2nc(-c3ccccc3)nc(-c3ccccc3)n2)cc1. The summed E-state index contributed by atoms with van der Waals surface area (Å²) in [5, 5.41) is 12.0. The minimum absolute atomic E-state index is 0.603. The lowest BCUT2D eigenvalue weighted by Crippen LogP contribution is -2.28. The monoisotopic (exact) mass is 664 g/mol. The van der Waals surface area contributed by atoms with Gasteiger partial charge in [-0.2, -0.15) is 5.26 Å². The van der Waals surface area contributed by atoms with Gasteiger partial charge in [-0.15, -0.1) is 0 Å². The number of furan rings is 1. The van der Waals surface area contributed by atoms with Crippen molar-refractivity contribution >= 4 is 21.9 Å². The van der Waals surface area contributed by atoms with Gasteiger partial charge in [-0.1, -0.05) is 152 Å². The Balaban J connectivity index is 1.22. The lowest BCUT2D eigenvalue weighted by atomic mass is 9.67. The molecule has 0 spiro atoms. The molecule has 5 nitrogen and oxygen atoms in total. The fourth-order valence-corrected chi connectivity index (χ4v) is 8.05. The van der Waals surface area contributed by atoms with Gasteiger partial charge in [-0.05, 0) is 51.6 Å². The maximum Gasteiger partial charge on any atom is 0.164 e. The third-order valence-electron chi connectivity index (χ3n) is 10.3. The Morgan fingerprint density at radius 3 is 1.62 bits per heavy atom. The highest BCUT2D eigenvalue weighted by Crippen LogP contribution is 2.58. The summed E-state index contributed by atoms with van der Waals surface area (Å²) in [6.45, 7) is 0. The number of rotatable bonds is 5. The summed E-state index contributed by atoms with van der Waals surface area (Å²) >= 11 is 0. The average molecular weight is 665 g/mol. The Morgan fingerprint density at radius 2 is 0.981 bits per heavy atom. The maximum atomic E-state index is 10.2. The van der Waals surface area contributed by atoms with Gasteiger partial charge in [0, 0.05) is 27.5 Å². The van der Waals surface area contributed by atoms with E-state index in [1.807, 2.05) is 78.9 Å². The van der Waals surface area contributed by atoms with E-state index in [9.17, 15) is 5.26 Å². The number of hydrogen-bond donors (Lipinski definition) is 0. The number of fused-ring (bicyclic) bond motifs is 7. The summed E-state index contributed by atoms with van der Waals surface area (Å²) in [5.74, 6) is 1.86. The summed E-state index contributed by atoms with van der Waals surface area (Å²) in [4.78, 5) is 14.9. The molecule has 52 heavy (non-hydrogen) atoms. The number of hydrogen-bond acceptors (Lipinski definition) is 5. The van der Waals surface area contributed by atoms with Crippen molar-refractivity contribution in [2.24, 2.45) is 0 Å². The van der Waals surface area contributed by atoms with Crippen LogP contribution >= 0.6 is 0 Å². The zero-order valence-corrected chi connectivity index (χ0v) is 27.9. The summed E-state index contributed by atoms with van der Waals surface area (Å²) in [6.07, 6.45) is 0. The molecule has 10 rings (SSSR count). The predicted octanol–water partition coefficient (Wildman–Crippen LogP) is 11.0. The number of nitrogens with zero attached hydrogens (tertiary/aromatic N) is 4. The second-order valence-electron chi connectivity index (χ2n) is 13.0. The first-order valence-corrected chi connectivity index (χ1v) is 17.3. The Kier molecular flexibility index (Phi) is 6.70. The highest BCUT2D eigenvalue weighted by molar-refractivity contribution is 6.17. The number of benzene rings is 7. The summed E-state index contributed by atoms with van der Waals surface area (Å²) in [7, 11) is 0. The van der Waals surface area contributed by atoms with Gasteiger partial charge in [0.25, 0.3) is 0 Å². The molecule has 0 fully saturated rings. The van der Waals surface area contributed by atoms with Gasteiger partial charge in [0.2, 0.25) is 0 Å². The molecule has 7 aromatic carbocycles. The van der Waals surface area contributed by atoms with E-state index >= 15 is 0 Å². The van der Waals surface area contributed by atoms with Crippen molar-refractivity contribution in [3.05, 3.63) is 198 Å². The molecule has 0 aliphatic heterocycles. The van der Waals surface area contributed by atoms with Gasteiger partial charge in [0.05, 0.1) is 17.0 Å². The third kappa shape index (κ3) is 4.38. The van der Waals surface area contributed by atoms with E-state index in [0.29, 0.717) is 28.6 Å². The fraction of sp³-hybridized carbons (Fsp3) is 0.0213. The van der Waals surface area contributed by atoms with E-state index < -0.39 is 5.41 Å². The van der Waals surface area contributed by atoms with Crippen molar-refractivity contribution in [1.29, 1.82) is 5.26 Å². The van der Waals surface area contributed by atoms with Crippen LogP contribution in [0.25, 0.3) is 67.2 Å². The van der Waals surface area contributed by atoms with Gasteiger partial charge in [-0.25, -0.2) is 15.0 Å². The first-order chi connectivity index (χ1) is 25.7. The molecule has 0 saturated carbocycles. The molecular weight excluding hydrogens is 637 g/mol. The topological polar surface area (TPSA) is 75.6 Å². The Morgan fingerprint density at radius 1 is 0.442 bits per heavy atom. The van der Waals surface area contributed by atoms with Crippen LogP contribution in [0.1, 0.15) is 27.8 Å². The zero-order valence-electron chi connectivity index (χ0n) is 27.9. The van der Waals surface area contributed by atoms with Gasteiger partial charge >= 0.3 is 0 Å². The fourth-order valence-electron chi connectivity index (χ4n) is 8.05. The largest absolute Gasteiger partial charge is 0.456 e. The lowest BCUT2D eigenvalue weighted by Gasteiger charge is -2.34. The zero-order chi connectivity index (χ0) is 34.6. The molecule has 2 aromatic heterocycles. The van der Waals surface area contributed by atoms with Gasteiger partial charge < -0.3 is 4.42 Å². The molecule has 0 N–H and O–H groups in total. The quantitative estimate of drug-likeness (QED) is 0.183. The van der Waals surface area contributed by atoms with E-state index in [2.05, 4.69) is 97.1 Å². The van der Waals surface area contributed by atoms with Crippen LogP contribution in [0.15, 0.2) is 174 Å². The molecule has 0 radical (unpaired) electrons. The molecular formula is C47H28N4O. The second kappa shape index (κ2) is 11.7. The molecule has 0 bridgehead atoms. The van der Waals surface area contributed by atoms with Crippen LogP contribution in [0.2, 0.25) is 0 Å². The van der Waals surface area contributed by atoms with Crippen LogP contribution in [0.3, 0.4) is 0 Å². The second-order valence-corrected chi connectivity index (χ2v) is 13.0. The predicted molar refractivity (Wildman–Crippen MR) is 205 cm³/mol. The third-order valence-corrected chi connectivity index (χ3v) is 10.3.